The predicted molar refractivity (Wildman–Crippen MR) is 120 cm³/mol. The van der Waals surface area contributed by atoms with Crippen LogP contribution in [-0.2, 0) is 0 Å². The number of ketones is 1. The van der Waals surface area contributed by atoms with Gasteiger partial charge in [-0.2, -0.15) is 0 Å². The number of carbonyl (C=O) groups is 1. The summed E-state index contributed by atoms with van der Waals surface area (Å²) in [5.74, 6) is 0.804. The van der Waals surface area contributed by atoms with Gasteiger partial charge in [-0.1, -0.05) is 35.9 Å². The van der Waals surface area contributed by atoms with Gasteiger partial charge in [0, 0.05) is 10.6 Å². The normalized spacial score (nSPS) is 11.8. The second kappa shape index (κ2) is 8.56. The molecule has 0 fully saturated rings. The lowest BCUT2D eigenvalue weighted by Crippen LogP contribution is -2.06. The van der Waals surface area contributed by atoms with Crippen molar-refractivity contribution in [1.82, 2.24) is 4.98 Å². The molecule has 0 spiro atoms. The maximum atomic E-state index is 13.4. The van der Waals surface area contributed by atoms with Crippen molar-refractivity contribution in [3.8, 4) is 5.75 Å². The third kappa shape index (κ3) is 4.44. The van der Waals surface area contributed by atoms with Crippen LogP contribution in [0.1, 0.15) is 35.7 Å². The van der Waals surface area contributed by atoms with Crippen molar-refractivity contribution in [1.29, 1.82) is 0 Å². The lowest BCUT2D eigenvalue weighted by Gasteiger charge is -2.10. The van der Waals surface area contributed by atoms with Crippen LogP contribution in [0.15, 0.2) is 77.2 Å². The van der Waals surface area contributed by atoms with E-state index in [2.05, 4.69) is 4.98 Å². The van der Waals surface area contributed by atoms with Crippen LogP contribution in [0.2, 0.25) is 5.02 Å². The third-order valence-corrected chi connectivity index (χ3v) is 4.69. The molecule has 0 bridgehead atoms. The van der Waals surface area contributed by atoms with Gasteiger partial charge in [0.25, 0.3) is 0 Å². The number of nitrogens with zero attached hydrogens (tertiary/aromatic N) is 1. The zero-order valence-corrected chi connectivity index (χ0v) is 17.4. The minimum atomic E-state index is -0.187. The molecule has 0 saturated carbocycles. The lowest BCUT2D eigenvalue weighted by atomic mass is 10.0. The van der Waals surface area contributed by atoms with Crippen molar-refractivity contribution < 1.29 is 13.9 Å². The van der Waals surface area contributed by atoms with Crippen molar-refractivity contribution in [2.24, 2.45) is 0 Å². The first-order valence-corrected chi connectivity index (χ1v) is 10.0. The van der Waals surface area contributed by atoms with Gasteiger partial charge in [0.2, 0.25) is 5.89 Å². The molecule has 5 heteroatoms. The molecule has 4 nitrogen and oxygen atoms in total. The van der Waals surface area contributed by atoms with E-state index in [1.54, 1.807) is 42.5 Å². The Labute approximate surface area is 179 Å². The Morgan fingerprint density at radius 3 is 2.37 bits per heavy atom. The molecule has 150 valence electrons. The van der Waals surface area contributed by atoms with E-state index in [9.17, 15) is 4.79 Å². The summed E-state index contributed by atoms with van der Waals surface area (Å²) in [6.45, 7) is 3.92. The van der Waals surface area contributed by atoms with Crippen molar-refractivity contribution in [2.75, 3.05) is 0 Å². The zero-order chi connectivity index (χ0) is 21.1. The van der Waals surface area contributed by atoms with E-state index in [0.717, 1.165) is 5.56 Å². The molecular formula is C25H20ClNO3. The molecular weight excluding hydrogens is 398 g/mol. The summed E-state index contributed by atoms with van der Waals surface area (Å²) < 4.78 is 11.6. The fourth-order valence-corrected chi connectivity index (χ4v) is 3.18. The van der Waals surface area contributed by atoms with E-state index in [4.69, 9.17) is 20.8 Å². The summed E-state index contributed by atoms with van der Waals surface area (Å²) in [5, 5.41) is 0.627. The van der Waals surface area contributed by atoms with E-state index >= 15 is 0 Å². The second-order valence-corrected chi connectivity index (χ2v) is 7.55. The molecule has 0 radical (unpaired) electrons. The smallest absolute Gasteiger partial charge is 0.231 e. The van der Waals surface area contributed by atoms with Gasteiger partial charge in [-0.3, -0.25) is 4.79 Å². The molecule has 0 N–H and O–H groups in total. The number of ether oxygens (including phenoxy) is 1. The zero-order valence-electron chi connectivity index (χ0n) is 16.6. The van der Waals surface area contributed by atoms with Crippen LogP contribution in [0, 0.1) is 0 Å². The maximum Gasteiger partial charge on any atom is 0.231 e. The molecule has 3 aromatic carbocycles. The number of halogens is 1. The molecule has 0 aliphatic heterocycles. The Balaban J connectivity index is 1.76. The molecule has 4 rings (SSSR count). The molecule has 1 heterocycles. The predicted octanol–water partition coefficient (Wildman–Crippen LogP) is 6.69. The quantitative estimate of drug-likeness (QED) is 0.259. The first-order valence-electron chi connectivity index (χ1n) is 9.64. The molecule has 30 heavy (non-hydrogen) atoms. The highest BCUT2D eigenvalue weighted by Crippen LogP contribution is 2.27. The van der Waals surface area contributed by atoms with Crippen LogP contribution < -0.4 is 4.74 Å². The van der Waals surface area contributed by atoms with Crippen LogP contribution in [0.5, 0.6) is 5.75 Å². The van der Waals surface area contributed by atoms with E-state index in [-0.39, 0.29) is 17.8 Å². The molecule has 0 unspecified atom stereocenters. The Bertz CT molecular complexity index is 1170. The van der Waals surface area contributed by atoms with Crippen LogP contribution >= 0.6 is 11.6 Å². The molecule has 0 atom stereocenters. The fraction of sp³-hybridized carbons (Fsp3) is 0.120. The molecule has 0 amide bonds. The average molecular weight is 418 g/mol. The summed E-state index contributed by atoms with van der Waals surface area (Å²) >= 11 is 6.00. The highest BCUT2D eigenvalue weighted by molar-refractivity contribution is 6.32. The minimum absolute atomic E-state index is 0.0617. The van der Waals surface area contributed by atoms with E-state index < -0.39 is 0 Å². The van der Waals surface area contributed by atoms with E-state index in [0.29, 0.717) is 33.0 Å². The highest BCUT2D eigenvalue weighted by atomic mass is 35.5. The number of fused-ring (bicyclic) bond motifs is 1. The number of oxazole rings is 1. The number of rotatable bonds is 6. The first kappa shape index (κ1) is 19.9. The molecule has 4 aromatic rings. The van der Waals surface area contributed by atoms with Gasteiger partial charge in [-0.25, -0.2) is 4.98 Å². The fourth-order valence-electron chi connectivity index (χ4n) is 3.05. The Morgan fingerprint density at radius 1 is 1.00 bits per heavy atom. The van der Waals surface area contributed by atoms with Crippen molar-refractivity contribution in [3.63, 3.8) is 0 Å². The van der Waals surface area contributed by atoms with Crippen molar-refractivity contribution in [3.05, 3.63) is 94.8 Å². The third-order valence-electron chi connectivity index (χ3n) is 4.44. The van der Waals surface area contributed by atoms with Gasteiger partial charge in [-0.05, 0) is 74.0 Å². The number of hydrogen-bond donors (Lipinski definition) is 0. The monoisotopic (exact) mass is 417 g/mol. The topological polar surface area (TPSA) is 52.3 Å². The number of aromatic nitrogens is 1. The van der Waals surface area contributed by atoms with Crippen molar-refractivity contribution in [2.45, 2.75) is 20.0 Å². The standard InChI is InChI=1S/C25H20ClNO3/c1-16(2)29-20-13-9-18(10-14-20)24(28)21(15-17-7-11-19(26)12-8-17)25-27-22-5-3-4-6-23(22)30-25/h3-16H,1-2H3/b21-15-. The SMILES string of the molecule is CC(C)Oc1ccc(C(=O)/C(=C/c2ccc(Cl)cc2)c2nc3ccccc3o2)cc1. The highest BCUT2D eigenvalue weighted by Gasteiger charge is 2.20. The van der Waals surface area contributed by atoms with Gasteiger partial charge < -0.3 is 9.15 Å². The van der Waals surface area contributed by atoms with Gasteiger partial charge in [0.15, 0.2) is 11.4 Å². The molecule has 0 saturated heterocycles. The largest absolute Gasteiger partial charge is 0.491 e. The number of hydrogen-bond acceptors (Lipinski definition) is 4. The van der Waals surface area contributed by atoms with Crippen LogP contribution in [0.3, 0.4) is 0 Å². The Morgan fingerprint density at radius 2 is 1.70 bits per heavy atom. The molecule has 0 aliphatic rings. The summed E-state index contributed by atoms with van der Waals surface area (Å²) in [7, 11) is 0. The van der Waals surface area contributed by atoms with Gasteiger partial charge in [-0.15, -0.1) is 0 Å². The number of carbonyl (C=O) groups excluding carboxylic acids is 1. The van der Waals surface area contributed by atoms with Gasteiger partial charge in [0.1, 0.15) is 11.3 Å². The lowest BCUT2D eigenvalue weighted by molar-refractivity contribution is 0.105. The van der Waals surface area contributed by atoms with Crippen molar-refractivity contribution >= 4 is 40.1 Å². The summed E-state index contributed by atoms with van der Waals surface area (Å²) in [5.41, 5.74) is 3.04. The first-order chi connectivity index (χ1) is 14.5. The van der Waals surface area contributed by atoms with Gasteiger partial charge in [0.05, 0.1) is 11.7 Å². The second-order valence-electron chi connectivity index (χ2n) is 7.12. The molecule has 0 aliphatic carbocycles. The minimum Gasteiger partial charge on any atom is -0.491 e. The molecule has 1 aromatic heterocycles. The number of allylic oxidation sites excluding steroid dienone is 1. The summed E-state index contributed by atoms with van der Waals surface area (Å²) in [4.78, 5) is 17.9. The van der Waals surface area contributed by atoms with E-state index in [1.165, 1.54) is 0 Å². The maximum absolute atomic E-state index is 13.4. The van der Waals surface area contributed by atoms with Crippen LogP contribution in [-0.4, -0.2) is 16.9 Å². The average Bonchev–Trinajstić information content (AvgIpc) is 3.17. The van der Waals surface area contributed by atoms with E-state index in [1.807, 2.05) is 50.2 Å². The summed E-state index contributed by atoms with van der Waals surface area (Å²) in [6.07, 6.45) is 1.83. The van der Waals surface area contributed by atoms with Crippen LogP contribution in [0.4, 0.5) is 0 Å². The van der Waals surface area contributed by atoms with Crippen LogP contribution in [0.25, 0.3) is 22.7 Å². The number of para-hydroxylation sites is 2. The Kier molecular flexibility index (Phi) is 5.68. The number of Topliss-reactive ketones (excluding diaryl/α,β-unsaturated/α-hetero) is 1. The number of benzene rings is 3. The Hall–Kier alpha value is -3.37. The summed E-state index contributed by atoms with van der Waals surface area (Å²) in [6, 6.07) is 21.8. The van der Waals surface area contributed by atoms with Gasteiger partial charge >= 0.3 is 0 Å².